The van der Waals surface area contributed by atoms with E-state index in [1.807, 2.05) is 31.1 Å². The fourth-order valence-electron chi connectivity index (χ4n) is 2.99. The number of thioether (sulfide) groups is 1. The van der Waals surface area contributed by atoms with Crippen LogP contribution in [0.2, 0.25) is 0 Å². The second-order valence-electron chi connectivity index (χ2n) is 7.04. The average Bonchev–Trinajstić information content (AvgIpc) is 3.24. The maximum absolute atomic E-state index is 13.8. The highest BCUT2D eigenvalue weighted by atomic mass is 32.2. The third-order valence-corrected chi connectivity index (χ3v) is 5.55. The summed E-state index contributed by atoms with van der Waals surface area (Å²) < 4.78 is 28.3. The summed E-state index contributed by atoms with van der Waals surface area (Å²) in [7, 11) is 3.83. The lowest BCUT2D eigenvalue weighted by Crippen LogP contribution is -2.22. The number of H-pyrrole nitrogens is 1. The van der Waals surface area contributed by atoms with Gasteiger partial charge in [-0.15, -0.1) is 0 Å². The maximum Gasteiger partial charge on any atom is 0.269 e. The third-order valence-electron chi connectivity index (χ3n) is 4.61. The lowest BCUT2D eigenvalue weighted by Gasteiger charge is -2.13. The van der Waals surface area contributed by atoms with Crippen LogP contribution >= 0.6 is 11.8 Å². The fourth-order valence-corrected chi connectivity index (χ4v) is 3.80. The molecule has 0 radical (unpaired) electrons. The molecule has 0 saturated carbocycles. The van der Waals surface area contributed by atoms with Crippen molar-refractivity contribution in [1.82, 2.24) is 19.7 Å². The van der Waals surface area contributed by atoms with Crippen LogP contribution in [0, 0.1) is 11.6 Å². The van der Waals surface area contributed by atoms with Gasteiger partial charge in [0.1, 0.15) is 5.39 Å². The number of carbonyl (C=O) groups excluding carboxylic acids is 1. The van der Waals surface area contributed by atoms with E-state index < -0.39 is 17.2 Å². The van der Waals surface area contributed by atoms with Gasteiger partial charge in [-0.1, -0.05) is 11.8 Å². The Labute approximate surface area is 185 Å². The number of carbonyl (C=O) groups is 1. The first-order valence-electron chi connectivity index (χ1n) is 9.45. The third kappa shape index (κ3) is 4.33. The Kier molecular flexibility index (Phi) is 5.91. The normalized spacial score (nSPS) is 11.0. The number of benzene rings is 2. The zero-order valence-electron chi connectivity index (χ0n) is 17.1. The first-order chi connectivity index (χ1) is 15.3. The molecule has 0 fully saturated rings. The van der Waals surface area contributed by atoms with Crippen molar-refractivity contribution in [3.8, 4) is 5.69 Å². The number of hydrogen-bond donors (Lipinski definition) is 2. The summed E-state index contributed by atoms with van der Waals surface area (Å²) in [5, 5.41) is 9.53. The second-order valence-corrected chi connectivity index (χ2v) is 7.99. The average molecular weight is 456 g/mol. The van der Waals surface area contributed by atoms with E-state index in [-0.39, 0.29) is 33.5 Å². The van der Waals surface area contributed by atoms with Crippen LogP contribution < -0.4 is 15.8 Å². The van der Waals surface area contributed by atoms with E-state index >= 15 is 0 Å². The van der Waals surface area contributed by atoms with Crippen molar-refractivity contribution in [3.05, 3.63) is 70.6 Å². The number of hydrogen-bond acceptors (Lipinski definition) is 6. The molecular formula is C21H18F2N6O2S. The number of aromatic amines is 1. The van der Waals surface area contributed by atoms with Gasteiger partial charge in [0.25, 0.3) is 5.56 Å². The van der Waals surface area contributed by atoms with Crippen LogP contribution in [0.25, 0.3) is 16.7 Å². The molecule has 0 spiro atoms. The van der Waals surface area contributed by atoms with E-state index in [0.29, 0.717) is 5.69 Å². The first kappa shape index (κ1) is 21.5. The number of amides is 1. The summed E-state index contributed by atoms with van der Waals surface area (Å²) in [6.07, 6.45) is 1.31. The van der Waals surface area contributed by atoms with Crippen LogP contribution in [0.15, 0.2) is 58.6 Å². The predicted octanol–water partition coefficient (Wildman–Crippen LogP) is 3.18. The van der Waals surface area contributed by atoms with Gasteiger partial charge in [0.2, 0.25) is 5.91 Å². The largest absolute Gasteiger partial charge is 0.378 e. The Bertz CT molecular complexity index is 1350. The fraction of sp³-hybridized carbons (Fsp3) is 0.143. The lowest BCUT2D eigenvalue weighted by atomic mass is 10.2. The summed E-state index contributed by atoms with van der Waals surface area (Å²) in [5.74, 6) is -2.52. The van der Waals surface area contributed by atoms with Crippen molar-refractivity contribution < 1.29 is 13.6 Å². The SMILES string of the molecule is CN(C)c1ccc(NC(=O)CSc2nc3[nH]ncc3c(=O)n2-c2ccc(F)c(F)c2)cc1. The van der Waals surface area contributed by atoms with Crippen LogP contribution in [-0.4, -0.2) is 45.5 Å². The molecule has 11 heteroatoms. The molecule has 0 bridgehead atoms. The second kappa shape index (κ2) is 8.79. The van der Waals surface area contributed by atoms with Crippen molar-refractivity contribution >= 4 is 40.1 Å². The molecule has 0 aliphatic carbocycles. The molecule has 0 aliphatic heterocycles. The summed E-state index contributed by atoms with van der Waals surface area (Å²) in [6, 6.07) is 10.4. The number of halogens is 2. The van der Waals surface area contributed by atoms with E-state index in [9.17, 15) is 18.4 Å². The number of aromatic nitrogens is 4. The highest BCUT2D eigenvalue weighted by Crippen LogP contribution is 2.22. The minimum absolute atomic E-state index is 0.0643. The Balaban J connectivity index is 1.60. The quantitative estimate of drug-likeness (QED) is 0.342. The van der Waals surface area contributed by atoms with Crippen molar-refractivity contribution in [2.24, 2.45) is 0 Å². The molecule has 1 amide bonds. The van der Waals surface area contributed by atoms with Crippen LogP contribution in [0.5, 0.6) is 0 Å². The summed E-state index contributed by atoms with van der Waals surface area (Å²) in [5.41, 5.74) is 1.42. The number of rotatable bonds is 6. The van der Waals surface area contributed by atoms with Gasteiger partial charge in [0.05, 0.1) is 17.6 Å². The van der Waals surface area contributed by atoms with Crippen molar-refractivity contribution in [1.29, 1.82) is 0 Å². The number of fused-ring (bicyclic) bond motifs is 1. The van der Waals surface area contributed by atoms with Crippen molar-refractivity contribution in [3.63, 3.8) is 0 Å². The molecule has 164 valence electrons. The van der Waals surface area contributed by atoms with Gasteiger partial charge in [-0.05, 0) is 36.4 Å². The minimum atomic E-state index is -1.10. The molecule has 2 heterocycles. The lowest BCUT2D eigenvalue weighted by molar-refractivity contribution is -0.113. The molecule has 0 aliphatic rings. The van der Waals surface area contributed by atoms with Gasteiger partial charge in [-0.2, -0.15) is 5.10 Å². The molecule has 0 saturated heterocycles. The number of nitrogens with one attached hydrogen (secondary N) is 2. The zero-order chi connectivity index (χ0) is 22.8. The topological polar surface area (TPSA) is 95.9 Å². The molecule has 0 atom stereocenters. The molecule has 0 unspecified atom stereocenters. The van der Waals surface area contributed by atoms with Crippen LogP contribution in [0.1, 0.15) is 0 Å². The van der Waals surface area contributed by atoms with Gasteiger partial charge in [0, 0.05) is 31.5 Å². The van der Waals surface area contributed by atoms with Crippen molar-refractivity contribution in [2.75, 3.05) is 30.1 Å². The predicted molar refractivity (Wildman–Crippen MR) is 120 cm³/mol. The smallest absolute Gasteiger partial charge is 0.269 e. The van der Waals surface area contributed by atoms with Gasteiger partial charge in [0.15, 0.2) is 22.4 Å². The number of nitrogens with zero attached hydrogens (tertiary/aromatic N) is 4. The zero-order valence-corrected chi connectivity index (χ0v) is 17.9. The summed E-state index contributed by atoms with van der Waals surface area (Å²) in [6.45, 7) is 0. The van der Waals surface area contributed by atoms with Crippen LogP contribution in [-0.2, 0) is 4.79 Å². The van der Waals surface area contributed by atoms with E-state index in [2.05, 4.69) is 20.5 Å². The van der Waals surface area contributed by atoms with Crippen LogP contribution in [0.4, 0.5) is 20.2 Å². The van der Waals surface area contributed by atoms with E-state index in [0.717, 1.165) is 34.1 Å². The Morgan fingerprint density at radius 3 is 2.59 bits per heavy atom. The maximum atomic E-state index is 13.8. The summed E-state index contributed by atoms with van der Waals surface area (Å²) in [4.78, 5) is 31.7. The number of anilines is 2. The van der Waals surface area contributed by atoms with Crippen LogP contribution in [0.3, 0.4) is 0 Å². The van der Waals surface area contributed by atoms with E-state index in [1.54, 1.807) is 12.1 Å². The minimum Gasteiger partial charge on any atom is -0.378 e. The van der Waals surface area contributed by atoms with E-state index in [4.69, 9.17) is 0 Å². The highest BCUT2D eigenvalue weighted by molar-refractivity contribution is 7.99. The van der Waals surface area contributed by atoms with Gasteiger partial charge < -0.3 is 10.2 Å². The summed E-state index contributed by atoms with van der Waals surface area (Å²) >= 11 is 0.987. The molecule has 2 aromatic carbocycles. The first-order valence-corrected chi connectivity index (χ1v) is 10.4. The molecular weight excluding hydrogens is 438 g/mol. The Morgan fingerprint density at radius 1 is 1.16 bits per heavy atom. The Hall–Kier alpha value is -3.73. The van der Waals surface area contributed by atoms with Crippen molar-refractivity contribution in [2.45, 2.75) is 5.16 Å². The molecule has 4 rings (SSSR count). The monoisotopic (exact) mass is 456 g/mol. The standard InChI is InChI=1S/C21H18F2N6O2S/c1-28(2)13-5-3-12(4-6-13)25-18(30)11-32-21-26-19-15(10-24-27-19)20(31)29(21)14-7-8-16(22)17(23)9-14/h3-10H,11H2,1-2H3,(H,24,27)(H,25,30). The van der Waals surface area contributed by atoms with E-state index in [1.165, 1.54) is 12.3 Å². The molecule has 2 aromatic heterocycles. The van der Waals surface area contributed by atoms with Gasteiger partial charge >= 0.3 is 0 Å². The molecule has 4 aromatic rings. The Morgan fingerprint density at radius 2 is 1.91 bits per heavy atom. The van der Waals surface area contributed by atoms with Gasteiger partial charge in [-0.25, -0.2) is 13.8 Å². The molecule has 32 heavy (non-hydrogen) atoms. The highest BCUT2D eigenvalue weighted by Gasteiger charge is 2.17. The van der Waals surface area contributed by atoms with Gasteiger partial charge in [-0.3, -0.25) is 19.3 Å². The molecule has 2 N–H and O–H groups in total. The molecule has 8 nitrogen and oxygen atoms in total.